The molecule has 0 spiro atoms. The fraction of sp³-hybridized carbons (Fsp3) is 0.238. The maximum Gasteiger partial charge on any atom is 0.238 e. The van der Waals surface area contributed by atoms with Crippen molar-refractivity contribution in [2.45, 2.75) is 12.8 Å². The third-order valence-corrected chi connectivity index (χ3v) is 4.30. The number of likely N-dealkylation sites (N-methyl/N-ethyl adjacent to an activating group) is 1. The van der Waals surface area contributed by atoms with Gasteiger partial charge in [0.2, 0.25) is 5.91 Å². The van der Waals surface area contributed by atoms with Crippen LogP contribution >= 0.6 is 0 Å². The zero-order chi connectivity index (χ0) is 19.9. The Labute approximate surface area is 162 Å². The van der Waals surface area contributed by atoms with Gasteiger partial charge in [0.15, 0.2) is 0 Å². The second kappa shape index (κ2) is 9.23. The Balaban J connectivity index is 1.41. The third-order valence-electron chi connectivity index (χ3n) is 4.30. The third kappa shape index (κ3) is 5.72. The topological polar surface area (TPSA) is 61.0 Å². The Morgan fingerprint density at radius 3 is 2.39 bits per heavy atom. The van der Waals surface area contributed by atoms with E-state index in [-0.39, 0.29) is 24.1 Å². The number of benzene rings is 2. The van der Waals surface area contributed by atoms with Gasteiger partial charge in [-0.1, -0.05) is 0 Å². The fourth-order valence-electron chi connectivity index (χ4n) is 2.86. The number of amides is 1. The Morgan fingerprint density at radius 1 is 1.07 bits per heavy atom. The Hall–Kier alpha value is -3.06. The van der Waals surface area contributed by atoms with Gasteiger partial charge in [-0.15, -0.1) is 0 Å². The lowest BCUT2D eigenvalue weighted by Crippen LogP contribution is -2.31. The van der Waals surface area contributed by atoms with Crippen molar-refractivity contribution in [2.24, 2.45) is 0 Å². The van der Waals surface area contributed by atoms with Gasteiger partial charge in [0.1, 0.15) is 11.6 Å². The van der Waals surface area contributed by atoms with Crippen molar-refractivity contribution in [1.29, 1.82) is 0 Å². The first-order valence-electron chi connectivity index (χ1n) is 9.04. The predicted molar refractivity (Wildman–Crippen MR) is 105 cm³/mol. The minimum absolute atomic E-state index is 0.144. The molecule has 2 N–H and O–H groups in total. The summed E-state index contributed by atoms with van der Waals surface area (Å²) in [5.74, 6) is -0.753. The van der Waals surface area contributed by atoms with Gasteiger partial charge < -0.3 is 5.32 Å². The molecule has 0 saturated heterocycles. The predicted octanol–water partition coefficient (Wildman–Crippen LogP) is 3.86. The van der Waals surface area contributed by atoms with Crippen LogP contribution < -0.4 is 5.32 Å². The summed E-state index contributed by atoms with van der Waals surface area (Å²) in [7, 11) is 1.88. The number of nitrogens with zero attached hydrogens (tertiary/aromatic N) is 2. The van der Waals surface area contributed by atoms with E-state index in [2.05, 4.69) is 15.5 Å². The van der Waals surface area contributed by atoms with Crippen LogP contribution in [0.1, 0.15) is 12.1 Å². The molecule has 0 aliphatic rings. The van der Waals surface area contributed by atoms with Crippen LogP contribution in [0.15, 0.2) is 54.6 Å². The summed E-state index contributed by atoms with van der Waals surface area (Å²) in [6, 6.07) is 13.9. The van der Waals surface area contributed by atoms with Gasteiger partial charge in [-0.05, 0) is 81.0 Å². The maximum atomic E-state index is 13.0. The molecule has 0 fully saturated rings. The molecule has 28 heavy (non-hydrogen) atoms. The SMILES string of the molecule is CN(CCCc1cc(-c2ccc(F)cc2)n[nH]1)CC(=O)Nc1ccc(F)cc1. The van der Waals surface area contributed by atoms with E-state index in [9.17, 15) is 13.6 Å². The molecule has 0 bridgehead atoms. The number of aromatic amines is 1. The normalized spacial score (nSPS) is 11.0. The molecule has 1 aromatic heterocycles. The van der Waals surface area contributed by atoms with Crippen molar-refractivity contribution >= 4 is 11.6 Å². The Kier molecular flexibility index (Phi) is 6.49. The van der Waals surface area contributed by atoms with Crippen LogP contribution in [0.25, 0.3) is 11.3 Å². The second-order valence-electron chi connectivity index (χ2n) is 6.68. The van der Waals surface area contributed by atoms with Gasteiger partial charge in [0.05, 0.1) is 12.2 Å². The van der Waals surface area contributed by atoms with Crippen molar-refractivity contribution in [3.8, 4) is 11.3 Å². The molecule has 146 valence electrons. The van der Waals surface area contributed by atoms with Crippen molar-refractivity contribution in [2.75, 3.05) is 25.5 Å². The molecular weight excluding hydrogens is 362 g/mol. The van der Waals surface area contributed by atoms with Crippen molar-refractivity contribution < 1.29 is 13.6 Å². The van der Waals surface area contributed by atoms with Crippen LogP contribution in [-0.4, -0.2) is 41.1 Å². The number of nitrogens with one attached hydrogen (secondary N) is 2. The molecule has 2 aromatic carbocycles. The molecule has 7 heteroatoms. The molecule has 0 saturated carbocycles. The summed E-state index contributed by atoms with van der Waals surface area (Å²) in [6.45, 7) is 0.989. The molecule has 1 amide bonds. The standard InChI is InChI=1S/C21H22F2N4O/c1-27(14-21(28)24-18-10-8-17(23)9-11-18)12-2-3-19-13-20(26-25-19)15-4-6-16(22)7-5-15/h4-11,13H,2-3,12,14H2,1H3,(H,24,28)(H,25,26). The molecule has 5 nitrogen and oxygen atoms in total. The number of carbonyl (C=O) groups excluding carboxylic acids is 1. The van der Waals surface area contributed by atoms with Crippen LogP contribution in [0.2, 0.25) is 0 Å². The van der Waals surface area contributed by atoms with Crippen LogP contribution in [0.4, 0.5) is 14.5 Å². The monoisotopic (exact) mass is 384 g/mol. The molecule has 3 aromatic rings. The highest BCUT2D eigenvalue weighted by Gasteiger charge is 2.08. The number of rotatable bonds is 8. The van der Waals surface area contributed by atoms with Crippen LogP contribution in [-0.2, 0) is 11.2 Å². The summed E-state index contributed by atoms with van der Waals surface area (Å²) >= 11 is 0. The summed E-state index contributed by atoms with van der Waals surface area (Å²) in [5, 5.41) is 10.0. The molecule has 0 aliphatic carbocycles. The number of H-pyrrole nitrogens is 1. The van der Waals surface area contributed by atoms with E-state index in [1.165, 1.54) is 36.4 Å². The van der Waals surface area contributed by atoms with E-state index in [1.807, 2.05) is 18.0 Å². The molecule has 1 heterocycles. The molecule has 0 unspecified atom stereocenters. The number of halogens is 2. The van der Waals surface area contributed by atoms with Crippen molar-refractivity contribution in [1.82, 2.24) is 15.1 Å². The molecule has 0 aliphatic heterocycles. The number of aromatic nitrogens is 2. The lowest BCUT2D eigenvalue weighted by atomic mass is 10.1. The lowest BCUT2D eigenvalue weighted by molar-refractivity contribution is -0.117. The van der Waals surface area contributed by atoms with Crippen molar-refractivity contribution in [3.05, 3.63) is 71.9 Å². The van der Waals surface area contributed by atoms with E-state index in [1.54, 1.807) is 12.1 Å². The minimum Gasteiger partial charge on any atom is -0.325 e. The van der Waals surface area contributed by atoms with E-state index in [0.717, 1.165) is 36.3 Å². The largest absolute Gasteiger partial charge is 0.325 e. The van der Waals surface area contributed by atoms with E-state index in [0.29, 0.717) is 5.69 Å². The van der Waals surface area contributed by atoms with Gasteiger partial charge in [-0.2, -0.15) is 5.10 Å². The molecule has 0 atom stereocenters. The number of carbonyl (C=O) groups is 1. The highest BCUT2D eigenvalue weighted by molar-refractivity contribution is 5.92. The average Bonchev–Trinajstić information content (AvgIpc) is 3.13. The summed E-state index contributed by atoms with van der Waals surface area (Å²) in [6.07, 6.45) is 1.64. The van der Waals surface area contributed by atoms with E-state index < -0.39 is 0 Å². The first kappa shape index (κ1) is 19.7. The minimum atomic E-state index is -0.337. The van der Waals surface area contributed by atoms with E-state index in [4.69, 9.17) is 0 Å². The maximum absolute atomic E-state index is 13.0. The highest BCUT2D eigenvalue weighted by Crippen LogP contribution is 2.18. The molecule has 3 rings (SSSR count). The van der Waals surface area contributed by atoms with Crippen LogP contribution in [0, 0.1) is 11.6 Å². The fourth-order valence-corrected chi connectivity index (χ4v) is 2.86. The average molecular weight is 384 g/mol. The summed E-state index contributed by atoms with van der Waals surface area (Å²) in [5.41, 5.74) is 3.20. The molecular formula is C21H22F2N4O. The van der Waals surface area contributed by atoms with Gasteiger partial charge >= 0.3 is 0 Å². The number of aryl methyl sites for hydroxylation is 1. The van der Waals surface area contributed by atoms with Gasteiger partial charge in [-0.25, -0.2) is 8.78 Å². The number of hydrogen-bond donors (Lipinski definition) is 2. The zero-order valence-corrected chi connectivity index (χ0v) is 15.6. The summed E-state index contributed by atoms with van der Waals surface area (Å²) < 4.78 is 25.9. The van der Waals surface area contributed by atoms with Crippen molar-refractivity contribution in [3.63, 3.8) is 0 Å². The number of anilines is 1. The Bertz CT molecular complexity index is 907. The smallest absolute Gasteiger partial charge is 0.238 e. The Morgan fingerprint density at radius 2 is 1.71 bits per heavy atom. The highest BCUT2D eigenvalue weighted by atomic mass is 19.1. The first-order chi connectivity index (χ1) is 13.5. The summed E-state index contributed by atoms with van der Waals surface area (Å²) in [4.78, 5) is 14.0. The lowest BCUT2D eigenvalue weighted by Gasteiger charge is -2.16. The number of hydrogen-bond acceptors (Lipinski definition) is 3. The van der Waals surface area contributed by atoms with Gasteiger partial charge in [0, 0.05) is 16.9 Å². The van der Waals surface area contributed by atoms with Gasteiger partial charge in [0.25, 0.3) is 0 Å². The second-order valence-corrected chi connectivity index (χ2v) is 6.68. The zero-order valence-electron chi connectivity index (χ0n) is 15.6. The van der Waals surface area contributed by atoms with Gasteiger partial charge in [-0.3, -0.25) is 14.8 Å². The molecule has 0 radical (unpaired) electrons. The first-order valence-corrected chi connectivity index (χ1v) is 9.04. The van der Waals surface area contributed by atoms with Crippen LogP contribution in [0.3, 0.4) is 0 Å². The van der Waals surface area contributed by atoms with E-state index >= 15 is 0 Å². The quantitative estimate of drug-likeness (QED) is 0.620. The van der Waals surface area contributed by atoms with Crippen LogP contribution in [0.5, 0.6) is 0 Å².